The molecular weight excluding hydrogens is 1810 g/mol. The van der Waals surface area contributed by atoms with E-state index in [2.05, 4.69) is 447 Å². The van der Waals surface area contributed by atoms with Gasteiger partial charge in [-0.25, -0.2) is 39.9 Å². The van der Waals surface area contributed by atoms with Crippen molar-refractivity contribution >= 4 is 236 Å². The molecule has 17 nitrogen and oxygen atoms in total. The maximum absolute atomic E-state index is 5.40. The lowest BCUT2D eigenvalue weighted by Crippen LogP contribution is -2.06. The van der Waals surface area contributed by atoms with Gasteiger partial charge in [0.15, 0.2) is 0 Å². The molecule has 17 heteroatoms. The first-order valence-electron chi connectivity index (χ1n) is 49.9. The van der Waals surface area contributed by atoms with Crippen molar-refractivity contribution in [3.05, 3.63) is 467 Å². The summed E-state index contributed by atoms with van der Waals surface area (Å²) in [4.78, 5) is 46.0. The maximum Gasteiger partial charge on any atom is 0.221 e. The predicted molar refractivity (Wildman–Crippen MR) is 607 cm³/mol. The zero-order valence-corrected chi connectivity index (χ0v) is 79.1. The van der Waals surface area contributed by atoms with Crippen molar-refractivity contribution in [1.29, 1.82) is 0 Å². The Balaban J connectivity index is 0.0000000993. The molecule has 0 amide bonds. The van der Waals surface area contributed by atoms with Gasteiger partial charge in [-0.3, -0.25) is 40.7 Å². The van der Waals surface area contributed by atoms with Gasteiger partial charge in [-0.15, -0.1) is 0 Å². The molecule has 0 radical (unpaired) electrons. The van der Waals surface area contributed by atoms with Crippen LogP contribution in [0, 0.1) is 0 Å². The lowest BCUT2D eigenvalue weighted by atomic mass is 9.97. The van der Waals surface area contributed by atoms with Gasteiger partial charge in [0.2, 0.25) is 17.8 Å². The van der Waals surface area contributed by atoms with E-state index in [1.165, 1.54) is 75.6 Å². The number of hydrogen-bond donors (Lipinski definition) is 0. The van der Waals surface area contributed by atoms with Crippen LogP contribution in [0.4, 0.5) is 0 Å². The number of fused-ring (bicyclic) bond motifs is 42. The third-order valence-corrected chi connectivity index (χ3v) is 30.4. The van der Waals surface area contributed by atoms with Crippen LogP contribution >= 0.6 is 0 Å². The van der Waals surface area contributed by atoms with Crippen LogP contribution < -0.4 is 0 Å². The average Bonchev–Trinajstić information content (AvgIpc) is 1.52. The first kappa shape index (κ1) is 81.3. The second-order valence-corrected chi connectivity index (χ2v) is 38.4. The molecule has 0 saturated carbocycles. The number of hydrogen-bond acceptors (Lipinski definition) is 9. The molecule has 14 heterocycles. The van der Waals surface area contributed by atoms with Crippen LogP contribution in [0.25, 0.3) is 298 Å². The van der Waals surface area contributed by atoms with Gasteiger partial charge >= 0.3 is 0 Å². The Morgan fingerprint density at radius 2 is 0.378 bits per heavy atom. The highest BCUT2D eigenvalue weighted by Gasteiger charge is 2.28. The Kier molecular flexibility index (Phi) is 17.3. The van der Waals surface area contributed by atoms with Crippen LogP contribution in [0.5, 0.6) is 0 Å². The van der Waals surface area contributed by atoms with Gasteiger partial charge in [0.25, 0.3) is 0 Å². The SMILES string of the molecule is c1ccc2c(c1)ccc1c3ccc(-c4ccc5c6ccccc6n(-c6nc7ccccc7c7nc8ccccc8n67)c5c4)cc3n3c4ccccc4nc3c21.c1ccc2c(c1)nc(-n1c3ccccc3c3ccc(-c4ccc(-c5ccncc5)cc4)cc31)n1c3ccccc3nc21.c1ccc2c(c1)nc(-n1c3ccccc3c3ccc(-c4ccc5c6ccccc6c6nc7ccccc7n6c5c4)cc31)n1c3ccccc3nc21. The highest BCUT2D eigenvalue weighted by molar-refractivity contribution is 6.25. The third kappa shape index (κ3) is 12.0. The summed E-state index contributed by atoms with van der Waals surface area (Å²) in [7, 11) is 0. The molecule has 686 valence electrons. The van der Waals surface area contributed by atoms with Crippen molar-refractivity contribution in [2.45, 2.75) is 0 Å². The molecule has 0 fully saturated rings. The van der Waals surface area contributed by atoms with Crippen LogP contribution in [0.2, 0.25) is 0 Å². The fourth-order valence-electron chi connectivity index (χ4n) is 23.7. The molecule has 14 aromatic heterocycles. The van der Waals surface area contributed by atoms with Crippen LogP contribution in [0.1, 0.15) is 0 Å². The Labute approximate surface area is 840 Å². The standard InChI is InChI=1S/C49H28N6.C45H26N6.C37H23N5/c1-2-12-32-29(11-1)21-26-36-35-25-23-30(27-44(35)53-42-19-9-6-16-39(42)51-48(53)46(32)36)31-22-24-34-33-13-4-8-18-41(33)54(45(34)28-31)49-52-38-15-5-3-14-37(38)47-50-40-17-7-10-20-43(40)55(47)49;1-2-13-33-29(11-1)31-23-21-27(25-41(31)49-39-19-9-6-16-36(39)46-43(33)49)28-22-24-32-30-12-4-8-18-38(30)50(42(32)26-28)45-48-35-15-5-3-14-34(35)44-47-37-17-7-10-20-40(37)51(44)45;1-3-9-31-30(8-1)36-39-32-10-4-6-12-34(32)42(36)37(40-31)41-33-11-5-2-7-28(33)29-18-17-27(23-35(29)41)25-15-13-24(14-16-25)26-19-21-38-22-20-26/h1-28H;1-26H;1-23H. The first-order chi connectivity index (χ1) is 73.4. The summed E-state index contributed by atoms with van der Waals surface area (Å²) in [6, 6.07) is 161. The third-order valence-electron chi connectivity index (χ3n) is 30.4. The van der Waals surface area contributed by atoms with Crippen LogP contribution in [0.3, 0.4) is 0 Å². The number of nitrogens with zero attached hydrogens (tertiary/aromatic N) is 17. The van der Waals surface area contributed by atoms with Crippen molar-refractivity contribution in [2.75, 3.05) is 0 Å². The fourth-order valence-corrected chi connectivity index (χ4v) is 23.7. The van der Waals surface area contributed by atoms with E-state index >= 15 is 0 Å². The monoisotopic (exact) mass is 1890 g/mol. The van der Waals surface area contributed by atoms with Crippen LogP contribution in [-0.4, -0.2) is 80.6 Å². The summed E-state index contributed by atoms with van der Waals surface area (Å²) in [5.74, 6) is 2.46. The van der Waals surface area contributed by atoms with Gasteiger partial charge in [0.1, 0.15) is 28.2 Å². The molecule has 0 aliphatic carbocycles. The molecule has 20 aromatic carbocycles. The van der Waals surface area contributed by atoms with Gasteiger partial charge in [0, 0.05) is 82.4 Å². The Morgan fingerprint density at radius 1 is 0.135 bits per heavy atom. The van der Waals surface area contributed by atoms with Crippen molar-refractivity contribution < 1.29 is 0 Å². The van der Waals surface area contributed by atoms with E-state index in [0.717, 1.165) is 222 Å². The van der Waals surface area contributed by atoms with E-state index in [-0.39, 0.29) is 0 Å². The molecule has 0 N–H and O–H groups in total. The van der Waals surface area contributed by atoms with E-state index < -0.39 is 0 Å². The molecule has 0 aliphatic heterocycles. The molecular formula is C131H77N17. The van der Waals surface area contributed by atoms with E-state index in [1.807, 2.05) is 60.9 Å². The summed E-state index contributed by atoms with van der Waals surface area (Å²) in [6.07, 6.45) is 3.66. The molecule has 0 unspecified atom stereocenters. The van der Waals surface area contributed by atoms with Crippen LogP contribution in [0.15, 0.2) is 467 Å². The molecule has 34 aromatic rings. The van der Waals surface area contributed by atoms with Gasteiger partial charge in [-0.1, -0.05) is 297 Å². The van der Waals surface area contributed by atoms with Crippen molar-refractivity contribution in [3.8, 4) is 62.4 Å². The number of pyridine rings is 3. The van der Waals surface area contributed by atoms with Crippen molar-refractivity contribution in [1.82, 2.24) is 80.6 Å². The summed E-state index contributed by atoms with van der Waals surface area (Å²) in [5.41, 5.74) is 35.6. The number of aromatic nitrogens is 17. The largest absolute Gasteiger partial charge is 0.292 e. The minimum absolute atomic E-state index is 0.814. The van der Waals surface area contributed by atoms with E-state index in [1.54, 1.807) is 0 Å². The number of benzene rings is 20. The average molecular weight is 1890 g/mol. The Hall–Kier alpha value is -20.4. The summed E-state index contributed by atoms with van der Waals surface area (Å²) in [6.45, 7) is 0. The molecule has 0 spiro atoms. The normalized spacial score (nSPS) is 12.2. The fraction of sp³-hybridized carbons (Fsp3) is 0. The quantitative estimate of drug-likeness (QED) is 0.142. The van der Waals surface area contributed by atoms with Gasteiger partial charge < -0.3 is 0 Å². The summed E-state index contributed by atoms with van der Waals surface area (Å²) in [5, 5.41) is 19.8. The maximum atomic E-state index is 5.40. The second kappa shape index (κ2) is 31.5. The van der Waals surface area contributed by atoms with Gasteiger partial charge in [0.05, 0.1) is 116 Å². The minimum atomic E-state index is 0.814. The lowest BCUT2D eigenvalue weighted by molar-refractivity contribution is 0.979. The van der Waals surface area contributed by atoms with Crippen molar-refractivity contribution in [2.24, 2.45) is 0 Å². The predicted octanol–water partition coefficient (Wildman–Crippen LogP) is 31.8. The molecule has 0 bridgehead atoms. The zero-order chi connectivity index (χ0) is 96.6. The molecule has 0 atom stereocenters. The summed E-state index contributed by atoms with van der Waals surface area (Å²) >= 11 is 0. The molecule has 0 aliphatic rings. The topological polar surface area (TPSA) is 153 Å². The number of rotatable bonds is 7. The van der Waals surface area contributed by atoms with E-state index in [9.17, 15) is 0 Å². The zero-order valence-electron chi connectivity index (χ0n) is 79.1. The smallest absolute Gasteiger partial charge is 0.221 e. The Morgan fingerprint density at radius 3 is 0.770 bits per heavy atom. The Bertz CT molecular complexity index is 11700. The number of imidazole rings is 5. The van der Waals surface area contributed by atoms with Crippen molar-refractivity contribution in [3.63, 3.8) is 0 Å². The van der Waals surface area contributed by atoms with E-state index in [4.69, 9.17) is 39.9 Å². The minimum Gasteiger partial charge on any atom is -0.292 e. The van der Waals surface area contributed by atoms with Gasteiger partial charge in [-0.2, -0.15) is 0 Å². The highest BCUT2D eigenvalue weighted by Crippen LogP contribution is 2.46. The first-order valence-corrected chi connectivity index (χ1v) is 49.9. The van der Waals surface area contributed by atoms with Gasteiger partial charge in [-0.05, 0) is 224 Å². The number of para-hydroxylation sites is 16. The van der Waals surface area contributed by atoms with Crippen LogP contribution in [-0.2, 0) is 0 Å². The molecule has 0 saturated heterocycles. The lowest BCUT2D eigenvalue weighted by Gasteiger charge is -2.14. The second-order valence-electron chi connectivity index (χ2n) is 38.4. The molecule has 148 heavy (non-hydrogen) atoms. The van der Waals surface area contributed by atoms with E-state index in [0.29, 0.717) is 0 Å². The summed E-state index contributed by atoms with van der Waals surface area (Å²) < 4.78 is 18.3. The highest BCUT2D eigenvalue weighted by atomic mass is 15.3. The molecule has 34 rings (SSSR count).